The smallest absolute Gasteiger partial charge is 0.191 e. The van der Waals surface area contributed by atoms with Crippen LogP contribution in [0.15, 0.2) is 53.9 Å². The number of rotatable bonds is 7. The van der Waals surface area contributed by atoms with Crippen molar-refractivity contribution >= 4 is 11.8 Å². The summed E-state index contributed by atoms with van der Waals surface area (Å²) < 4.78 is 7.33. The first kappa shape index (κ1) is 16.5. The molecule has 0 aliphatic carbocycles. The zero-order chi connectivity index (χ0) is 16.8. The van der Waals surface area contributed by atoms with Crippen molar-refractivity contribution in [2.75, 3.05) is 12.9 Å². The first-order valence-corrected chi connectivity index (χ1v) is 8.89. The molecule has 6 heteroatoms. The summed E-state index contributed by atoms with van der Waals surface area (Å²) in [7, 11) is 1.68. The van der Waals surface area contributed by atoms with E-state index in [1.165, 1.54) is 5.56 Å². The molecule has 0 atom stereocenters. The van der Waals surface area contributed by atoms with Gasteiger partial charge in [0.1, 0.15) is 5.75 Å². The number of thioether (sulfide) groups is 1. The van der Waals surface area contributed by atoms with E-state index in [0.717, 1.165) is 41.0 Å². The van der Waals surface area contributed by atoms with Gasteiger partial charge in [0.25, 0.3) is 0 Å². The highest BCUT2D eigenvalue weighted by atomic mass is 32.2. The molecular formula is C18H20N4OS. The number of aryl methyl sites for hydroxylation is 1. The van der Waals surface area contributed by atoms with Crippen molar-refractivity contribution in [1.82, 2.24) is 19.7 Å². The van der Waals surface area contributed by atoms with Gasteiger partial charge in [-0.1, -0.05) is 23.9 Å². The summed E-state index contributed by atoms with van der Waals surface area (Å²) in [6.07, 6.45) is 4.54. The van der Waals surface area contributed by atoms with Gasteiger partial charge in [0.15, 0.2) is 11.0 Å². The monoisotopic (exact) mass is 340 g/mol. The molecule has 1 aromatic carbocycles. The van der Waals surface area contributed by atoms with E-state index in [1.807, 2.05) is 24.3 Å². The molecule has 0 unspecified atom stereocenters. The average Bonchev–Trinajstić information content (AvgIpc) is 3.06. The number of nitrogens with zero attached hydrogens (tertiary/aromatic N) is 4. The Morgan fingerprint density at radius 1 is 1.04 bits per heavy atom. The van der Waals surface area contributed by atoms with Crippen LogP contribution in [-0.2, 0) is 13.0 Å². The second-order valence-corrected chi connectivity index (χ2v) is 6.29. The predicted octanol–water partition coefficient (Wildman–Crippen LogP) is 3.70. The molecule has 0 N–H and O–H groups in total. The van der Waals surface area contributed by atoms with Gasteiger partial charge in [-0.3, -0.25) is 4.98 Å². The van der Waals surface area contributed by atoms with Crippen molar-refractivity contribution in [1.29, 1.82) is 0 Å². The number of benzene rings is 1. The predicted molar refractivity (Wildman–Crippen MR) is 96.3 cm³/mol. The Kier molecular flexibility index (Phi) is 5.48. The molecule has 3 rings (SSSR count). The maximum Gasteiger partial charge on any atom is 0.191 e. The van der Waals surface area contributed by atoms with Crippen LogP contribution in [0, 0.1) is 0 Å². The molecular weight excluding hydrogens is 320 g/mol. The zero-order valence-electron chi connectivity index (χ0n) is 13.8. The molecule has 0 saturated carbocycles. The summed E-state index contributed by atoms with van der Waals surface area (Å²) >= 11 is 1.73. The third-order valence-corrected chi connectivity index (χ3v) is 4.72. The number of pyridine rings is 1. The van der Waals surface area contributed by atoms with Crippen LogP contribution in [0.2, 0.25) is 0 Å². The SMILES string of the molecule is CCn1c(SCCc2ccc(OC)cc2)nnc1-c1ccncc1. The fourth-order valence-electron chi connectivity index (χ4n) is 2.45. The lowest BCUT2D eigenvalue weighted by Crippen LogP contribution is -2.00. The lowest BCUT2D eigenvalue weighted by molar-refractivity contribution is 0.414. The number of methoxy groups -OCH3 is 1. The van der Waals surface area contributed by atoms with E-state index in [0.29, 0.717) is 0 Å². The highest BCUT2D eigenvalue weighted by Crippen LogP contribution is 2.24. The van der Waals surface area contributed by atoms with Gasteiger partial charge in [-0.25, -0.2) is 0 Å². The van der Waals surface area contributed by atoms with Crippen LogP contribution in [0.25, 0.3) is 11.4 Å². The number of hydrogen-bond acceptors (Lipinski definition) is 5. The molecule has 2 aromatic heterocycles. The van der Waals surface area contributed by atoms with Gasteiger partial charge in [0, 0.05) is 30.3 Å². The molecule has 5 nitrogen and oxygen atoms in total. The van der Waals surface area contributed by atoms with Gasteiger partial charge < -0.3 is 9.30 Å². The highest BCUT2D eigenvalue weighted by Gasteiger charge is 2.12. The molecule has 0 aliphatic heterocycles. The van der Waals surface area contributed by atoms with Gasteiger partial charge in [-0.2, -0.15) is 0 Å². The highest BCUT2D eigenvalue weighted by molar-refractivity contribution is 7.99. The maximum atomic E-state index is 5.19. The van der Waals surface area contributed by atoms with Crippen LogP contribution < -0.4 is 4.74 Å². The van der Waals surface area contributed by atoms with Crippen LogP contribution in [0.5, 0.6) is 5.75 Å². The molecule has 0 bridgehead atoms. The Balaban J connectivity index is 1.66. The molecule has 0 spiro atoms. The maximum absolute atomic E-state index is 5.19. The van der Waals surface area contributed by atoms with Gasteiger partial charge in [-0.05, 0) is 43.2 Å². The fraction of sp³-hybridized carbons (Fsp3) is 0.278. The van der Waals surface area contributed by atoms with E-state index < -0.39 is 0 Å². The zero-order valence-corrected chi connectivity index (χ0v) is 14.7. The fourth-order valence-corrected chi connectivity index (χ4v) is 3.44. The Labute approximate surface area is 146 Å². The molecule has 0 aliphatic rings. The van der Waals surface area contributed by atoms with Crippen LogP contribution in [0.3, 0.4) is 0 Å². The van der Waals surface area contributed by atoms with E-state index in [2.05, 4.69) is 38.8 Å². The standard InChI is InChI=1S/C18H20N4OS/c1-3-22-17(15-8-11-19-12-9-15)20-21-18(22)24-13-10-14-4-6-16(23-2)7-5-14/h4-9,11-12H,3,10,13H2,1-2H3. The van der Waals surface area contributed by atoms with Gasteiger partial charge >= 0.3 is 0 Å². The molecule has 24 heavy (non-hydrogen) atoms. The van der Waals surface area contributed by atoms with E-state index in [4.69, 9.17) is 4.74 Å². The van der Waals surface area contributed by atoms with Gasteiger partial charge in [0.05, 0.1) is 7.11 Å². The second kappa shape index (κ2) is 7.97. The molecule has 2 heterocycles. The lowest BCUT2D eigenvalue weighted by atomic mass is 10.2. The van der Waals surface area contributed by atoms with E-state index >= 15 is 0 Å². The van der Waals surface area contributed by atoms with Crippen LogP contribution in [0.1, 0.15) is 12.5 Å². The third kappa shape index (κ3) is 3.76. The van der Waals surface area contributed by atoms with Crippen LogP contribution >= 0.6 is 11.8 Å². The summed E-state index contributed by atoms with van der Waals surface area (Å²) in [5.41, 5.74) is 2.33. The van der Waals surface area contributed by atoms with Crippen LogP contribution in [0.4, 0.5) is 0 Å². The Morgan fingerprint density at radius 3 is 2.46 bits per heavy atom. The summed E-state index contributed by atoms with van der Waals surface area (Å²) in [5, 5.41) is 9.67. The number of hydrogen-bond donors (Lipinski definition) is 0. The summed E-state index contributed by atoms with van der Waals surface area (Å²) in [5.74, 6) is 2.74. The summed E-state index contributed by atoms with van der Waals surface area (Å²) in [4.78, 5) is 4.06. The van der Waals surface area contributed by atoms with Crippen LogP contribution in [-0.4, -0.2) is 32.6 Å². The average molecular weight is 340 g/mol. The summed E-state index contributed by atoms with van der Waals surface area (Å²) in [6.45, 7) is 2.96. The van der Waals surface area contributed by atoms with Gasteiger partial charge in [0.2, 0.25) is 0 Å². The first-order valence-electron chi connectivity index (χ1n) is 7.91. The molecule has 0 fully saturated rings. The third-order valence-electron chi connectivity index (χ3n) is 3.75. The lowest BCUT2D eigenvalue weighted by Gasteiger charge is -2.07. The summed E-state index contributed by atoms with van der Waals surface area (Å²) in [6, 6.07) is 12.1. The Bertz CT molecular complexity index is 771. The van der Waals surface area contributed by atoms with Crippen molar-refractivity contribution in [2.24, 2.45) is 0 Å². The quantitative estimate of drug-likeness (QED) is 0.614. The van der Waals surface area contributed by atoms with E-state index in [-0.39, 0.29) is 0 Å². The van der Waals surface area contributed by atoms with Crippen molar-refractivity contribution in [3.8, 4) is 17.1 Å². The number of ether oxygens (including phenoxy) is 1. The largest absolute Gasteiger partial charge is 0.497 e. The van der Waals surface area contributed by atoms with Crippen molar-refractivity contribution in [2.45, 2.75) is 25.0 Å². The van der Waals surface area contributed by atoms with Gasteiger partial charge in [-0.15, -0.1) is 10.2 Å². The molecule has 0 saturated heterocycles. The van der Waals surface area contributed by atoms with Crippen molar-refractivity contribution in [3.63, 3.8) is 0 Å². The second-order valence-electron chi connectivity index (χ2n) is 5.23. The number of aromatic nitrogens is 4. The first-order chi connectivity index (χ1) is 11.8. The Morgan fingerprint density at radius 2 is 1.79 bits per heavy atom. The van der Waals surface area contributed by atoms with E-state index in [9.17, 15) is 0 Å². The molecule has 0 amide bonds. The van der Waals surface area contributed by atoms with Crippen molar-refractivity contribution in [3.05, 3.63) is 54.4 Å². The molecule has 124 valence electrons. The molecule has 3 aromatic rings. The van der Waals surface area contributed by atoms with Crippen molar-refractivity contribution < 1.29 is 4.74 Å². The molecule has 0 radical (unpaired) electrons. The minimum Gasteiger partial charge on any atom is -0.497 e. The van der Waals surface area contributed by atoms with E-state index in [1.54, 1.807) is 31.3 Å². The topological polar surface area (TPSA) is 52.8 Å². The Hall–Kier alpha value is -2.34. The normalized spacial score (nSPS) is 10.8. The minimum atomic E-state index is 0.843. The minimum absolute atomic E-state index is 0.843.